The van der Waals surface area contributed by atoms with Gasteiger partial charge in [0.05, 0.1) is 22.0 Å². The molecule has 0 bridgehead atoms. The first-order valence-corrected chi connectivity index (χ1v) is 8.47. The molecule has 1 N–H and O–H groups in total. The van der Waals surface area contributed by atoms with Gasteiger partial charge in [0.1, 0.15) is 10.7 Å². The second kappa shape index (κ2) is 5.70. The number of nitrogens with zero attached hydrogens (tertiary/aromatic N) is 4. The number of aromatic nitrogens is 2. The van der Waals surface area contributed by atoms with Gasteiger partial charge < -0.3 is 5.21 Å². The summed E-state index contributed by atoms with van der Waals surface area (Å²) in [6, 6.07) is 3.94. The molecule has 0 amide bonds. The highest BCUT2D eigenvalue weighted by molar-refractivity contribution is 7.17. The molecular weight excluding hydrogens is 308 g/mol. The molecule has 0 saturated heterocycles. The first-order chi connectivity index (χ1) is 11.3. The molecule has 0 radical (unpaired) electrons. The summed E-state index contributed by atoms with van der Waals surface area (Å²) < 4.78 is 0. The van der Waals surface area contributed by atoms with Gasteiger partial charge in [0.15, 0.2) is 0 Å². The van der Waals surface area contributed by atoms with Gasteiger partial charge in [-0.05, 0) is 43.9 Å². The summed E-state index contributed by atoms with van der Waals surface area (Å²) in [4.78, 5) is 14.7. The van der Waals surface area contributed by atoms with E-state index in [-0.39, 0.29) is 0 Å². The maximum Gasteiger partial charge on any atom is 0.125 e. The van der Waals surface area contributed by atoms with Crippen molar-refractivity contribution >= 4 is 22.8 Å². The van der Waals surface area contributed by atoms with Crippen molar-refractivity contribution in [1.82, 2.24) is 9.97 Å². The largest absolute Gasteiger partial charge is 0.411 e. The highest BCUT2D eigenvalue weighted by Gasteiger charge is 2.28. The fourth-order valence-corrected chi connectivity index (χ4v) is 4.15. The lowest BCUT2D eigenvalue weighted by Crippen LogP contribution is -2.07. The smallest absolute Gasteiger partial charge is 0.125 e. The lowest BCUT2D eigenvalue weighted by molar-refractivity contribution is 0.317. The molecule has 0 spiro atoms. The summed E-state index contributed by atoms with van der Waals surface area (Å²) >= 11 is 1.65. The molecule has 116 valence electrons. The van der Waals surface area contributed by atoms with Crippen molar-refractivity contribution in [2.75, 3.05) is 0 Å². The van der Waals surface area contributed by atoms with Gasteiger partial charge in [0.25, 0.3) is 0 Å². The van der Waals surface area contributed by atoms with Gasteiger partial charge in [-0.25, -0.2) is 9.98 Å². The quantitative estimate of drug-likeness (QED) is 0.671. The Morgan fingerprint density at radius 3 is 3.00 bits per heavy atom. The molecule has 2 aliphatic rings. The van der Waals surface area contributed by atoms with Crippen LogP contribution in [0.5, 0.6) is 0 Å². The topological polar surface area (TPSA) is 70.7 Å². The maximum absolute atomic E-state index is 9.17. The van der Waals surface area contributed by atoms with Crippen LogP contribution in [-0.4, -0.2) is 26.6 Å². The van der Waals surface area contributed by atoms with E-state index < -0.39 is 0 Å². The average molecular weight is 324 g/mol. The van der Waals surface area contributed by atoms with E-state index in [2.05, 4.69) is 15.1 Å². The van der Waals surface area contributed by atoms with Crippen molar-refractivity contribution in [1.29, 1.82) is 0 Å². The minimum absolute atomic E-state index is 0.718. The van der Waals surface area contributed by atoms with Crippen LogP contribution in [-0.2, 0) is 0 Å². The lowest BCUT2D eigenvalue weighted by Gasteiger charge is -2.12. The molecule has 0 aromatic carbocycles. The standard InChI is InChI=1S/C17H16N4OS/c1-10-16(23-17(19-10)12-5-3-7-18-9-12)14-8-11-4-2-6-13(21-22)15(11)20-14/h3,5,7,9,22H,2,4,6,8H2,1H3/b21-13+. The van der Waals surface area contributed by atoms with E-state index in [4.69, 9.17) is 4.99 Å². The van der Waals surface area contributed by atoms with Gasteiger partial charge in [0, 0.05) is 24.4 Å². The number of rotatable bonds is 2. The van der Waals surface area contributed by atoms with Crippen LogP contribution in [0.3, 0.4) is 0 Å². The average Bonchev–Trinajstić information content (AvgIpc) is 3.18. The summed E-state index contributed by atoms with van der Waals surface area (Å²) in [5.74, 6) is 0. The second-order valence-electron chi connectivity index (χ2n) is 5.76. The van der Waals surface area contributed by atoms with Crippen LogP contribution in [0.15, 0.2) is 45.9 Å². The monoisotopic (exact) mass is 324 g/mol. The van der Waals surface area contributed by atoms with Crippen LogP contribution < -0.4 is 0 Å². The normalized spacial score (nSPS) is 19.2. The zero-order valence-corrected chi connectivity index (χ0v) is 13.6. The molecule has 2 aromatic rings. The van der Waals surface area contributed by atoms with E-state index in [0.717, 1.165) is 63.9 Å². The van der Waals surface area contributed by atoms with Crippen molar-refractivity contribution in [3.8, 4) is 10.6 Å². The Morgan fingerprint density at radius 2 is 2.22 bits per heavy atom. The van der Waals surface area contributed by atoms with Crippen molar-refractivity contribution in [2.45, 2.75) is 32.6 Å². The number of aryl methyl sites for hydroxylation is 1. The van der Waals surface area contributed by atoms with E-state index in [0.29, 0.717) is 0 Å². The molecule has 6 heteroatoms. The molecule has 0 saturated carbocycles. The third-order valence-electron chi connectivity index (χ3n) is 4.22. The lowest BCUT2D eigenvalue weighted by atomic mass is 9.94. The highest BCUT2D eigenvalue weighted by atomic mass is 32.1. The predicted molar refractivity (Wildman–Crippen MR) is 91.3 cm³/mol. The van der Waals surface area contributed by atoms with Gasteiger partial charge in [-0.3, -0.25) is 4.98 Å². The fraction of sp³-hybridized carbons (Fsp3) is 0.294. The molecule has 3 heterocycles. The minimum Gasteiger partial charge on any atom is -0.411 e. The number of oxime groups is 1. The SMILES string of the molecule is Cc1nc(-c2cccnc2)sc1C1=NC2=C(CCC/C2=N\O)C1. The molecule has 0 fully saturated rings. The summed E-state index contributed by atoms with van der Waals surface area (Å²) in [6.45, 7) is 2.02. The van der Waals surface area contributed by atoms with Crippen LogP contribution >= 0.6 is 11.3 Å². The molecule has 0 atom stereocenters. The zero-order valence-electron chi connectivity index (χ0n) is 12.8. The first kappa shape index (κ1) is 14.3. The molecule has 4 rings (SSSR count). The second-order valence-corrected chi connectivity index (χ2v) is 6.76. The molecule has 2 aromatic heterocycles. The summed E-state index contributed by atoms with van der Waals surface area (Å²) in [5, 5.41) is 13.6. The molecule has 23 heavy (non-hydrogen) atoms. The Labute approximate surface area is 138 Å². The number of pyridine rings is 1. The Bertz CT molecular complexity index is 849. The van der Waals surface area contributed by atoms with Crippen molar-refractivity contribution < 1.29 is 5.21 Å². The molecule has 1 aliphatic carbocycles. The summed E-state index contributed by atoms with van der Waals surface area (Å²) in [5.41, 5.74) is 5.97. The van der Waals surface area contributed by atoms with E-state index in [1.807, 2.05) is 25.3 Å². The highest BCUT2D eigenvalue weighted by Crippen LogP contribution is 2.36. The third kappa shape index (κ3) is 2.49. The Balaban J connectivity index is 1.70. The molecule has 0 unspecified atom stereocenters. The summed E-state index contributed by atoms with van der Waals surface area (Å²) in [7, 11) is 0. The minimum atomic E-state index is 0.718. The van der Waals surface area contributed by atoms with Crippen LogP contribution in [0.25, 0.3) is 10.6 Å². The summed E-state index contributed by atoms with van der Waals surface area (Å²) in [6.07, 6.45) is 7.30. The Kier molecular flexibility index (Phi) is 3.53. The molecular formula is C17H16N4OS. The van der Waals surface area contributed by atoms with Crippen LogP contribution in [0, 0.1) is 6.92 Å². The molecule has 5 nitrogen and oxygen atoms in total. The zero-order chi connectivity index (χ0) is 15.8. The number of allylic oxidation sites excluding steroid dienone is 2. The van der Waals surface area contributed by atoms with Crippen molar-refractivity contribution in [3.05, 3.63) is 46.4 Å². The predicted octanol–water partition coefficient (Wildman–Crippen LogP) is 3.97. The van der Waals surface area contributed by atoms with E-state index in [1.165, 1.54) is 5.57 Å². The van der Waals surface area contributed by atoms with Crippen LogP contribution in [0.1, 0.15) is 36.3 Å². The molecule has 1 aliphatic heterocycles. The number of hydrogen-bond acceptors (Lipinski definition) is 6. The van der Waals surface area contributed by atoms with Gasteiger partial charge in [-0.2, -0.15) is 0 Å². The van der Waals surface area contributed by atoms with E-state index >= 15 is 0 Å². The van der Waals surface area contributed by atoms with E-state index in [1.54, 1.807) is 17.5 Å². The Morgan fingerprint density at radius 1 is 1.30 bits per heavy atom. The van der Waals surface area contributed by atoms with Gasteiger partial charge in [0.2, 0.25) is 0 Å². The first-order valence-electron chi connectivity index (χ1n) is 7.65. The van der Waals surface area contributed by atoms with Gasteiger partial charge >= 0.3 is 0 Å². The number of thiazole rings is 1. The number of aliphatic imine (C=N–C) groups is 1. The van der Waals surface area contributed by atoms with Crippen LogP contribution in [0.4, 0.5) is 0 Å². The fourth-order valence-electron chi connectivity index (χ4n) is 3.11. The van der Waals surface area contributed by atoms with E-state index in [9.17, 15) is 5.21 Å². The number of hydrogen-bond donors (Lipinski definition) is 1. The maximum atomic E-state index is 9.17. The van der Waals surface area contributed by atoms with Crippen molar-refractivity contribution in [3.63, 3.8) is 0 Å². The third-order valence-corrected chi connectivity index (χ3v) is 5.47. The van der Waals surface area contributed by atoms with Crippen molar-refractivity contribution in [2.24, 2.45) is 10.1 Å². The Hall–Kier alpha value is -2.34. The van der Waals surface area contributed by atoms with Crippen LogP contribution in [0.2, 0.25) is 0 Å². The van der Waals surface area contributed by atoms with Gasteiger partial charge in [-0.15, -0.1) is 11.3 Å². The van der Waals surface area contributed by atoms with Gasteiger partial charge in [-0.1, -0.05) is 5.16 Å².